The third-order valence-electron chi connectivity index (χ3n) is 2.55. The van der Waals surface area contributed by atoms with Crippen LogP contribution in [-0.4, -0.2) is 14.7 Å². The van der Waals surface area contributed by atoms with Crippen molar-refractivity contribution < 1.29 is 5.11 Å². The molecule has 0 spiro atoms. The molecule has 0 atom stereocenters. The van der Waals surface area contributed by atoms with Gasteiger partial charge in [-0.05, 0) is 17.7 Å². The summed E-state index contributed by atoms with van der Waals surface area (Å²) in [4.78, 5) is 25.5. The van der Waals surface area contributed by atoms with Crippen LogP contribution in [0.1, 0.15) is 0 Å². The van der Waals surface area contributed by atoms with Crippen LogP contribution in [0.4, 0.5) is 0 Å². The van der Waals surface area contributed by atoms with Gasteiger partial charge in [0.1, 0.15) is 5.56 Å². The number of H-pyrrole nitrogens is 1. The summed E-state index contributed by atoms with van der Waals surface area (Å²) in [5, 5.41) is 10.0. The molecule has 2 rings (SSSR count). The maximum absolute atomic E-state index is 11.8. The molecule has 0 fully saturated rings. The van der Waals surface area contributed by atoms with Crippen LogP contribution >= 0.6 is 15.9 Å². The van der Waals surface area contributed by atoms with Gasteiger partial charge >= 0.3 is 5.69 Å². The summed E-state index contributed by atoms with van der Waals surface area (Å²) in [7, 11) is 0. The van der Waals surface area contributed by atoms with Crippen LogP contribution in [0, 0.1) is 12.3 Å². The topological polar surface area (TPSA) is 75.1 Å². The summed E-state index contributed by atoms with van der Waals surface area (Å²) in [6.07, 6.45) is 5.13. The predicted octanol–water partition coefficient (Wildman–Crippen LogP) is 1.30. The summed E-state index contributed by atoms with van der Waals surface area (Å²) >= 11 is 3.28. The molecule has 96 valence electrons. The zero-order chi connectivity index (χ0) is 14.0. The normalized spacial score (nSPS) is 10.1. The lowest BCUT2D eigenvalue weighted by atomic mass is 10.1. The number of aromatic hydroxyl groups is 1. The van der Waals surface area contributed by atoms with Crippen LogP contribution in [0.5, 0.6) is 5.88 Å². The maximum Gasteiger partial charge on any atom is 0.332 e. The lowest BCUT2D eigenvalue weighted by Gasteiger charge is -2.09. The summed E-state index contributed by atoms with van der Waals surface area (Å²) in [6.45, 7) is -0.120. The second-order valence-electron chi connectivity index (χ2n) is 3.76. The molecular weight excluding hydrogens is 312 g/mol. The van der Waals surface area contributed by atoms with Crippen molar-refractivity contribution in [3.8, 4) is 29.4 Å². The standard InChI is InChI=1S/C13H9BrN2O3/c1-2-7-16-12(18)10(11(17)15-13(16)19)8-3-5-9(14)6-4-8/h1,3-6,18H,7H2,(H,15,17,19). The molecule has 0 saturated carbocycles. The zero-order valence-corrected chi connectivity index (χ0v) is 11.3. The minimum absolute atomic E-state index is 0.0161. The highest BCUT2D eigenvalue weighted by Crippen LogP contribution is 2.25. The number of nitrogens with one attached hydrogen (secondary N) is 1. The van der Waals surface area contributed by atoms with Crippen molar-refractivity contribution in [1.29, 1.82) is 0 Å². The Morgan fingerprint density at radius 3 is 2.53 bits per heavy atom. The molecule has 0 aliphatic carbocycles. The van der Waals surface area contributed by atoms with Crippen molar-refractivity contribution in [1.82, 2.24) is 9.55 Å². The third-order valence-corrected chi connectivity index (χ3v) is 3.08. The van der Waals surface area contributed by atoms with Crippen LogP contribution in [0.25, 0.3) is 11.1 Å². The van der Waals surface area contributed by atoms with Crippen molar-refractivity contribution in [3.63, 3.8) is 0 Å². The summed E-state index contributed by atoms with van der Waals surface area (Å²) in [5.74, 6) is 1.81. The Kier molecular flexibility index (Phi) is 3.58. The summed E-state index contributed by atoms with van der Waals surface area (Å²) in [5.41, 5.74) is -0.880. The molecule has 1 heterocycles. The molecular formula is C13H9BrN2O3. The number of aromatic amines is 1. The average molecular weight is 321 g/mol. The van der Waals surface area contributed by atoms with Crippen molar-refractivity contribution >= 4 is 15.9 Å². The Bertz CT molecular complexity index is 766. The van der Waals surface area contributed by atoms with E-state index in [1.807, 2.05) is 0 Å². The van der Waals surface area contributed by atoms with Gasteiger partial charge in [-0.3, -0.25) is 14.3 Å². The van der Waals surface area contributed by atoms with E-state index in [2.05, 4.69) is 26.8 Å². The smallest absolute Gasteiger partial charge is 0.332 e. The fourth-order valence-electron chi connectivity index (χ4n) is 1.67. The highest BCUT2D eigenvalue weighted by Gasteiger charge is 2.15. The molecule has 2 N–H and O–H groups in total. The number of halogens is 1. The molecule has 0 unspecified atom stereocenters. The molecule has 0 radical (unpaired) electrons. The first-order valence-corrected chi connectivity index (χ1v) is 6.09. The summed E-state index contributed by atoms with van der Waals surface area (Å²) < 4.78 is 1.77. The minimum Gasteiger partial charge on any atom is -0.494 e. The molecule has 0 saturated heterocycles. The molecule has 5 nitrogen and oxygen atoms in total. The van der Waals surface area contributed by atoms with Crippen molar-refractivity contribution in [2.75, 3.05) is 0 Å². The van der Waals surface area contributed by atoms with Gasteiger partial charge in [-0.15, -0.1) is 6.42 Å². The molecule has 19 heavy (non-hydrogen) atoms. The molecule has 0 bridgehead atoms. The molecule has 0 amide bonds. The Balaban J connectivity index is 2.74. The Morgan fingerprint density at radius 1 is 1.32 bits per heavy atom. The largest absolute Gasteiger partial charge is 0.494 e. The van der Waals surface area contributed by atoms with E-state index in [1.165, 1.54) is 0 Å². The number of rotatable bonds is 2. The first-order valence-electron chi connectivity index (χ1n) is 5.30. The average Bonchev–Trinajstić information content (AvgIpc) is 2.36. The molecule has 2 aromatic rings. The molecule has 1 aromatic heterocycles. The van der Waals surface area contributed by atoms with Gasteiger partial charge in [-0.25, -0.2) is 4.79 Å². The lowest BCUT2D eigenvalue weighted by molar-refractivity contribution is 0.415. The van der Waals surface area contributed by atoms with E-state index in [1.54, 1.807) is 24.3 Å². The Labute approximate surface area is 116 Å². The van der Waals surface area contributed by atoms with Crippen molar-refractivity contribution in [2.24, 2.45) is 0 Å². The Hall–Kier alpha value is -2.26. The van der Waals surface area contributed by atoms with E-state index in [-0.39, 0.29) is 12.1 Å². The number of hydrogen-bond acceptors (Lipinski definition) is 3. The lowest BCUT2D eigenvalue weighted by Crippen LogP contribution is -2.30. The number of benzene rings is 1. The molecule has 0 aliphatic rings. The second kappa shape index (κ2) is 5.16. The fraction of sp³-hybridized carbons (Fsp3) is 0.0769. The monoisotopic (exact) mass is 320 g/mol. The molecule has 1 aromatic carbocycles. The van der Waals surface area contributed by atoms with E-state index in [9.17, 15) is 14.7 Å². The highest BCUT2D eigenvalue weighted by atomic mass is 79.9. The number of hydrogen-bond donors (Lipinski definition) is 2. The van der Waals surface area contributed by atoms with E-state index < -0.39 is 17.1 Å². The predicted molar refractivity (Wildman–Crippen MR) is 75.0 cm³/mol. The summed E-state index contributed by atoms with van der Waals surface area (Å²) in [6, 6.07) is 6.76. The van der Waals surface area contributed by atoms with Crippen LogP contribution in [0.15, 0.2) is 38.3 Å². The number of terminal acetylenes is 1. The highest BCUT2D eigenvalue weighted by molar-refractivity contribution is 9.10. The Morgan fingerprint density at radius 2 is 1.95 bits per heavy atom. The second-order valence-corrected chi connectivity index (χ2v) is 4.67. The van der Waals surface area contributed by atoms with Gasteiger partial charge in [0.05, 0.1) is 6.54 Å². The molecule has 0 aliphatic heterocycles. The van der Waals surface area contributed by atoms with Crippen LogP contribution < -0.4 is 11.2 Å². The van der Waals surface area contributed by atoms with E-state index >= 15 is 0 Å². The number of nitrogens with zero attached hydrogens (tertiary/aromatic N) is 1. The van der Waals surface area contributed by atoms with Crippen LogP contribution in [-0.2, 0) is 6.54 Å². The number of aromatic nitrogens is 2. The van der Waals surface area contributed by atoms with Gasteiger partial charge < -0.3 is 5.11 Å². The van der Waals surface area contributed by atoms with Gasteiger partial charge in [0.25, 0.3) is 5.56 Å². The van der Waals surface area contributed by atoms with Gasteiger partial charge in [0, 0.05) is 4.47 Å². The van der Waals surface area contributed by atoms with Crippen LogP contribution in [0.2, 0.25) is 0 Å². The first-order chi connectivity index (χ1) is 9.04. The maximum atomic E-state index is 11.8. The quantitative estimate of drug-likeness (QED) is 0.819. The SMILES string of the molecule is C#CCn1c(O)c(-c2ccc(Br)cc2)c(=O)[nH]c1=O. The van der Waals surface area contributed by atoms with Gasteiger partial charge in [0.2, 0.25) is 5.88 Å². The minimum atomic E-state index is -0.735. The molecule has 6 heteroatoms. The van der Waals surface area contributed by atoms with Gasteiger partial charge in [-0.2, -0.15) is 0 Å². The van der Waals surface area contributed by atoms with Crippen LogP contribution in [0.3, 0.4) is 0 Å². The van der Waals surface area contributed by atoms with Crippen molar-refractivity contribution in [3.05, 3.63) is 49.6 Å². The van der Waals surface area contributed by atoms with Gasteiger partial charge in [0.15, 0.2) is 0 Å². The van der Waals surface area contributed by atoms with E-state index in [0.717, 1.165) is 9.04 Å². The fourth-order valence-corrected chi connectivity index (χ4v) is 1.94. The van der Waals surface area contributed by atoms with Gasteiger partial charge in [-0.1, -0.05) is 34.0 Å². The first kappa shape index (κ1) is 13.2. The van der Waals surface area contributed by atoms with E-state index in [0.29, 0.717) is 5.56 Å². The zero-order valence-electron chi connectivity index (χ0n) is 9.68. The third kappa shape index (κ3) is 2.46. The van der Waals surface area contributed by atoms with E-state index in [4.69, 9.17) is 6.42 Å². The van der Waals surface area contributed by atoms with Crippen molar-refractivity contribution in [2.45, 2.75) is 6.54 Å².